The highest BCUT2D eigenvalue weighted by molar-refractivity contribution is 5.92. The minimum absolute atomic E-state index is 0.156. The number of benzene rings is 2. The zero-order valence-corrected chi connectivity index (χ0v) is 20.5. The van der Waals surface area contributed by atoms with Gasteiger partial charge in [-0.1, -0.05) is 18.7 Å². The fraction of sp³-hybridized carbons (Fsp3) is 0.429. The molecule has 2 aromatic carbocycles. The number of ether oxygens (including phenoxy) is 3. The van der Waals surface area contributed by atoms with Crippen molar-refractivity contribution in [2.75, 3.05) is 19.7 Å². The van der Waals surface area contributed by atoms with Crippen molar-refractivity contribution in [2.24, 2.45) is 0 Å². The molecular weight excluding hydrogens is 458 g/mol. The molecule has 0 spiro atoms. The number of aromatic nitrogens is 2. The Hall–Kier alpha value is -3.36. The van der Waals surface area contributed by atoms with E-state index >= 15 is 0 Å². The summed E-state index contributed by atoms with van der Waals surface area (Å²) in [5.74, 6) is 1.24. The van der Waals surface area contributed by atoms with Crippen LogP contribution in [0.25, 0.3) is 11.0 Å². The third-order valence-corrected chi connectivity index (χ3v) is 7.64. The van der Waals surface area contributed by atoms with E-state index in [1.807, 2.05) is 25.1 Å². The molecular formula is C28H31N3O5. The van der Waals surface area contributed by atoms with Crippen LogP contribution in [0.15, 0.2) is 49.1 Å². The van der Waals surface area contributed by atoms with Gasteiger partial charge in [0.2, 0.25) is 0 Å². The molecule has 0 saturated carbocycles. The zero-order chi connectivity index (χ0) is 24.9. The Morgan fingerprint density at radius 2 is 2.03 bits per heavy atom. The molecule has 3 aliphatic heterocycles. The third kappa shape index (κ3) is 4.14. The molecule has 36 heavy (non-hydrogen) atoms. The zero-order valence-electron chi connectivity index (χ0n) is 20.5. The summed E-state index contributed by atoms with van der Waals surface area (Å²) >= 11 is 0. The predicted molar refractivity (Wildman–Crippen MR) is 135 cm³/mol. The molecule has 0 amide bonds. The van der Waals surface area contributed by atoms with Crippen LogP contribution in [-0.2, 0) is 17.8 Å². The van der Waals surface area contributed by atoms with Crippen molar-refractivity contribution in [1.29, 1.82) is 0 Å². The number of hydrogen-bond donors (Lipinski definition) is 1. The van der Waals surface area contributed by atoms with E-state index in [4.69, 9.17) is 19.2 Å². The van der Waals surface area contributed by atoms with Crippen molar-refractivity contribution in [2.45, 2.75) is 57.1 Å². The van der Waals surface area contributed by atoms with Crippen molar-refractivity contribution >= 4 is 17.0 Å². The monoisotopic (exact) mass is 489 g/mol. The molecule has 2 saturated heterocycles. The van der Waals surface area contributed by atoms with Gasteiger partial charge in [-0.25, -0.2) is 9.78 Å². The van der Waals surface area contributed by atoms with E-state index in [9.17, 15) is 9.90 Å². The topological polar surface area (TPSA) is 86.1 Å². The highest BCUT2D eigenvalue weighted by Crippen LogP contribution is 2.46. The van der Waals surface area contributed by atoms with Gasteiger partial charge in [-0.2, -0.15) is 0 Å². The average Bonchev–Trinajstić information content (AvgIpc) is 3.38. The Morgan fingerprint density at radius 1 is 1.22 bits per heavy atom. The van der Waals surface area contributed by atoms with Crippen molar-refractivity contribution in [3.8, 4) is 11.5 Å². The van der Waals surface area contributed by atoms with Gasteiger partial charge < -0.3 is 23.9 Å². The Kier molecular flexibility index (Phi) is 5.73. The molecule has 1 aromatic heterocycles. The van der Waals surface area contributed by atoms with Crippen LogP contribution in [0.4, 0.5) is 0 Å². The normalized spacial score (nSPS) is 24.1. The summed E-state index contributed by atoms with van der Waals surface area (Å²) < 4.78 is 20.0. The number of para-hydroxylation sites is 1. The van der Waals surface area contributed by atoms with Gasteiger partial charge >= 0.3 is 5.97 Å². The van der Waals surface area contributed by atoms with Crippen molar-refractivity contribution in [3.63, 3.8) is 0 Å². The molecule has 0 bridgehead atoms. The number of hydrogen-bond acceptors (Lipinski definition) is 6. The third-order valence-electron chi connectivity index (χ3n) is 7.64. The van der Waals surface area contributed by atoms with E-state index in [1.165, 1.54) is 5.56 Å². The van der Waals surface area contributed by atoms with Gasteiger partial charge in [0.25, 0.3) is 5.79 Å². The van der Waals surface area contributed by atoms with Gasteiger partial charge in [-0.15, -0.1) is 0 Å². The number of aromatic carboxylic acids is 1. The van der Waals surface area contributed by atoms with Gasteiger partial charge in [0.1, 0.15) is 5.82 Å². The molecule has 8 nitrogen and oxygen atoms in total. The van der Waals surface area contributed by atoms with Crippen molar-refractivity contribution in [3.05, 3.63) is 66.0 Å². The lowest BCUT2D eigenvalue weighted by molar-refractivity contribution is -0.0592. The van der Waals surface area contributed by atoms with Crippen LogP contribution in [-0.4, -0.2) is 57.1 Å². The molecule has 188 valence electrons. The molecule has 3 aromatic rings. The first-order valence-corrected chi connectivity index (χ1v) is 12.6. The fourth-order valence-corrected chi connectivity index (χ4v) is 5.43. The number of carboxylic acids is 1. The smallest absolute Gasteiger partial charge is 0.335 e. The maximum absolute atomic E-state index is 11.6. The van der Waals surface area contributed by atoms with Crippen LogP contribution in [0.5, 0.6) is 11.5 Å². The Labute approximate surface area is 210 Å². The summed E-state index contributed by atoms with van der Waals surface area (Å²) in [6, 6.07) is 11.3. The molecule has 0 aliphatic carbocycles. The second-order valence-corrected chi connectivity index (χ2v) is 10.1. The van der Waals surface area contributed by atoms with E-state index in [1.54, 1.807) is 18.2 Å². The van der Waals surface area contributed by atoms with Crippen molar-refractivity contribution < 1.29 is 24.1 Å². The van der Waals surface area contributed by atoms with Crippen LogP contribution in [0, 0.1) is 0 Å². The van der Waals surface area contributed by atoms with Gasteiger partial charge in [-0.3, -0.25) is 4.90 Å². The summed E-state index contributed by atoms with van der Waals surface area (Å²) in [6.07, 6.45) is 4.89. The minimum atomic E-state index is -0.927. The first kappa shape index (κ1) is 23.1. The summed E-state index contributed by atoms with van der Waals surface area (Å²) in [7, 11) is 0. The Balaban J connectivity index is 1.19. The second kappa shape index (κ2) is 8.94. The summed E-state index contributed by atoms with van der Waals surface area (Å²) in [4.78, 5) is 18.9. The largest absolute Gasteiger partial charge is 0.478 e. The van der Waals surface area contributed by atoms with Crippen LogP contribution in [0.3, 0.4) is 0 Å². The van der Waals surface area contributed by atoms with Crippen molar-refractivity contribution in [1.82, 2.24) is 14.5 Å². The first-order chi connectivity index (χ1) is 17.4. The number of rotatable bonds is 7. The second-order valence-electron chi connectivity index (χ2n) is 10.1. The molecule has 3 aliphatic rings. The molecule has 4 heterocycles. The predicted octanol–water partition coefficient (Wildman–Crippen LogP) is 4.58. The van der Waals surface area contributed by atoms with Crippen LogP contribution in [0.1, 0.15) is 53.8 Å². The first-order valence-electron chi connectivity index (χ1n) is 12.6. The number of fused-ring (bicyclic) bond motifs is 2. The summed E-state index contributed by atoms with van der Waals surface area (Å²) in [6.45, 7) is 9.81. The summed E-state index contributed by atoms with van der Waals surface area (Å²) in [5, 5.41) is 9.48. The minimum Gasteiger partial charge on any atom is -0.478 e. The summed E-state index contributed by atoms with van der Waals surface area (Å²) in [5.41, 5.74) is 3.16. The Bertz CT molecular complexity index is 1320. The number of carbonyl (C=O) groups is 1. The molecule has 1 N–H and O–H groups in total. The van der Waals surface area contributed by atoms with Gasteiger partial charge in [0, 0.05) is 19.1 Å². The van der Waals surface area contributed by atoms with Gasteiger partial charge in [0.05, 0.1) is 35.8 Å². The highest BCUT2D eigenvalue weighted by atomic mass is 16.7. The highest BCUT2D eigenvalue weighted by Gasteiger charge is 2.37. The fourth-order valence-electron chi connectivity index (χ4n) is 5.43. The maximum Gasteiger partial charge on any atom is 0.335 e. The average molecular weight is 490 g/mol. The van der Waals surface area contributed by atoms with E-state index in [2.05, 4.69) is 22.1 Å². The molecule has 8 heteroatoms. The van der Waals surface area contributed by atoms with Gasteiger partial charge in [0.15, 0.2) is 11.5 Å². The number of piperidine rings is 1. The standard InChI is InChI=1S/C28H31N3O5/c1-3-28(2)35-24-6-4-5-21(26(24)36-28)18-9-12-30(13-10-18)17-25-29-22-8-7-19(27(32)33)15-23(22)31(25)16-20-11-14-34-20/h3-8,15,18,20H,1,9-14,16-17H2,2H3,(H,32,33)/t20-,28-/m0/s1. The lowest BCUT2D eigenvalue weighted by Gasteiger charge is -2.33. The van der Waals surface area contributed by atoms with Gasteiger partial charge in [-0.05, 0) is 68.6 Å². The number of imidazole rings is 1. The van der Waals surface area contributed by atoms with Crippen LogP contribution < -0.4 is 9.47 Å². The maximum atomic E-state index is 11.6. The van der Waals surface area contributed by atoms with E-state index in [0.717, 1.165) is 73.9 Å². The number of nitrogens with zero attached hydrogens (tertiary/aromatic N) is 3. The molecule has 0 radical (unpaired) electrons. The number of likely N-dealkylation sites (tertiary alicyclic amines) is 1. The lowest BCUT2D eigenvalue weighted by Crippen LogP contribution is -2.35. The van der Waals surface area contributed by atoms with E-state index in [0.29, 0.717) is 12.5 Å². The molecule has 2 fully saturated rings. The molecule has 2 atom stereocenters. The van der Waals surface area contributed by atoms with Crippen LogP contribution >= 0.6 is 0 Å². The molecule has 0 unspecified atom stereocenters. The van der Waals surface area contributed by atoms with E-state index in [-0.39, 0.29) is 11.7 Å². The SMILES string of the molecule is C=C[C@@]1(C)Oc2cccc(C3CCN(Cc4nc5ccc(C(=O)O)cc5n4C[C@@H]4CCO4)CC3)c2O1. The lowest BCUT2D eigenvalue weighted by atomic mass is 9.88. The number of carboxylic acid groups (broad SMARTS) is 1. The van der Waals surface area contributed by atoms with Crippen LogP contribution in [0.2, 0.25) is 0 Å². The quantitative estimate of drug-likeness (QED) is 0.486. The molecule has 6 rings (SSSR count). The Morgan fingerprint density at radius 3 is 2.72 bits per heavy atom. The van der Waals surface area contributed by atoms with E-state index < -0.39 is 11.8 Å².